The number of imide groups is 1. The molecule has 3 rings (SSSR count). The van der Waals surface area contributed by atoms with Crippen molar-refractivity contribution < 1.29 is 22.7 Å². The van der Waals surface area contributed by atoms with Gasteiger partial charge in [0.15, 0.2) is 6.61 Å². The molecule has 1 aromatic carbocycles. The predicted molar refractivity (Wildman–Crippen MR) is 79.5 cm³/mol. The van der Waals surface area contributed by atoms with Gasteiger partial charge in [0.2, 0.25) is 10.0 Å². The van der Waals surface area contributed by atoms with E-state index in [9.17, 15) is 18.0 Å². The summed E-state index contributed by atoms with van der Waals surface area (Å²) in [6, 6.07) is 6.07. The Hall–Kier alpha value is -1.45. The molecular formula is C13H13BrN2O5S. The van der Waals surface area contributed by atoms with Crippen LogP contribution in [-0.2, 0) is 19.6 Å². The third kappa shape index (κ3) is 2.53. The van der Waals surface area contributed by atoms with Gasteiger partial charge in [-0.1, -0.05) is 12.1 Å². The Morgan fingerprint density at radius 1 is 1.23 bits per heavy atom. The average Bonchev–Trinajstić information content (AvgIpc) is 3.06. The molecule has 0 spiro atoms. The predicted octanol–water partition coefficient (Wildman–Crippen LogP) is 1.19. The molecule has 1 atom stereocenters. The van der Waals surface area contributed by atoms with Crippen molar-refractivity contribution in [2.45, 2.75) is 17.4 Å². The molecular weight excluding hydrogens is 376 g/mol. The van der Waals surface area contributed by atoms with Gasteiger partial charge in [-0.05, 0) is 34.5 Å². The highest BCUT2D eigenvalue weighted by molar-refractivity contribution is 9.10. The van der Waals surface area contributed by atoms with Crippen molar-refractivity contribution in [1.82, 2.24) is 9.21 Å². The minimum absolute atomic E-state index is 0.0878. The summed E-state index contributed by atoms with van der Waals surface area (Å²) in [6.45, 7) is 0.0716. The number of rotatable bonds is 3. The molecule has 0 N–H and O–H groups in total. The lowest BCUT2D eigenvalue weighted by molar-refractivity contribution is -0.127. The number of carbonyl (C=O) groups excluding carboxylic acids is 2. The summed E-state index contributed by atoms with van der Waals surface area (Å²) in [4.78, 5) is 24.4. The average molecular weight is 389 g/mol. The first-order valence-electron chi connectivity index (χ1n) is 6.65. The number of ether oxygens (including phenoxy) is 1. The molecule has 2 aliphatic heterocycles. The van der Waals surface area contributed by atoms with Gasteiger partial charge in [-0.3, -0.25) is 4.79 Å². The van der Waals surface area contributed by atoms with Crippen LogP contribution in [0.4, 0.5) is 4.79 Å². The van der Waals surface area contributed by atoms with Crippen molar-refractivity contribution in [2.24, 2.45) is 0 Å². The van der Waals surface area contributed by atoms with Crippen molar-refractivity contribution in [2.75, 3.05) is 19.7 Å². The number of nitrogens with zero attached hydrogens (tertiary/aromatic N) is 2. The summed E-state index contributed by atoms with van der Waals surface area (Å²) in [7, 11) is -3.67. The summed E-state index contributed by atoms with van der Waals surface area (Å²) >= 11 is 3.24. The lowest BCUT2D eigenvalue weighted by atomic mass is 10.2. The lowest BCUT2D eigenvalue weighted by Crippen LogP contribution is -2.42. The van der Waals surface area contributed by atoms with Crippen molar-refractivity contribution >= 4 is 38.0 Å². The third-order valence-corrected chi connectivity index (χ3v) is 6.61. The first kappa shape index (κ1) is 15.4. The first-order chi connectivity index (χ1) is 10.4. The Labute approximate surface area is 136 Å². The number of carbonyl (C=O) groups is 2. The number of benzene rings is 1. The summed E-state index contributed by atoms with van der Waals surface area (Å²) in [5.74, 6) is -0.421. The van der Waals surface area contributed by atoms with Gasteiger partial charge in [-0.2, -0.15) is 4.31 Å². The second kappa shape index (κ2) is 5.64. The normalized spacial score (nSPS) is 23.1. The molecule has 2 fully saturated rings. The van der Waals surface area contributed by atoms with E-state index < -0.39 is 28.1 Å². The zero-order chi connectivity index (χ0) is 15.9. The Bertz CT molecular complexity index is 720. The van der Waals surface area contributed by atoms with Gasteiger partial charge in [0, 0.05) is 17.6 Å². The van der Waals surface area contributed by atoms with Gasteiger partial charge < -0.3 is 4.74 Å². The van der Waals surface area contributed by atoms with Crippen molar-refractivity contribution in [3.8, 4) is 0 Å². The number of cyclic esters (lactones) is 1. The number of hydrogen-bond donors (Lipinski definition) is 0. The second-order valence-corrected chi connectivity index (χ2v) is 7.81. The lowest BCUT2D eigenvalue weighted by Gasteiger charge is -2.20. The van der Waals surface area contributed by atoms with E-state index in [4.69, 9.17) is 0 Å². The highest BCUT2D eigenvalue weighted by Crippen LogP contribution is 2.29. The smallest absolute Gasteiger partial charge is 0.417 e. The molecule has 0 bridgehead atoms. The van der Waals surface area contributed by atoms with Gasteiger partial charge >= 0.3 is 6.09 Å². The first-order valence-corrected chi connectivity index (χ1v) is 8.88. The highest BCUT2D eigenvalue weighted by atomic mass is 79.9. The third-order valence-electron chi connectivity index (χ3n) is 3.73. The van der Waals surface area contributed by atoms with E-state index >= 15 is 0 Å². The zero-order valence-electron chi connectivity index (χ0n) is 11.4. The quantitative estimate of drug-likeness (QED) is 0.776. The van der Waals surface area contributed by atoms with Crippen LogP contribution in [0.1, 0.15) is 6.42 Å². The minimum Gasteiger partial charge on any atom is -0.439 e. The summed E-state index contributed by atoms with van der Waals surface area (Å²) < 4.78 is 31.8. The number of sulfonamides is 1. The fourth-order valence-corrected chi connectivity index (χ4v) is 5.11. The van der Waals surface area contributed by atoms with E-state index in [2.05, 4.69) is 20.7 Å². The SMILES string of the molecule is O=C1COC(=O)N1[C@@H]1CCN(S(=O)(=O)c2ccccc2Br)C1. The van der Waals surface area contributed by atoms with Gasteiger partial charge in [0.05, 0.1) is 10.9 Å². The molecule has 2 amide bonds. The van der Waals surface area contributed by atoms with Crippen LogP contribution in [0.3, 0.4) is 0 Å². The number of amides is 2. The highest BCUT2D eigenvalue weighted by Gasteiger charge is 2.43. The van der Waals surface area contributed by atoms with E-state index in [-0.39, 0.29) is 24.6 Å². The Balaban J connectivity index is 1.82. The largest absolute Gasteiger partial charge is 0.439 e. The minimum atomic E-state index is -3.67. The molecule has 2 saturated heterocycles. The molecule has 22 heavy (non-hydrogen) atoms. The maximum atomic E-state index is 12.7. The molecule has 118 valence electrons. The standard InChI is InChI=1S/C13H13BrN2O5S/c14-10-3-1-2-4-11(10)22(19,20)15-6-5-9(7-15)16-12(17)8-21-13(16)18/h1-4,9H,5-8H2/t9-/m1/s1. The van der Waals surface area contributed by atoms with Crippen molar-refractivity contribution in [3.05, 3.63) is 28.7 Å². The molecule has 0 aliphatic carbocycles. The molecule has 0 radical (unpaired) electrons. The monoisotopic (exact) mass is 388 g/mol. The fourth-order valence-electron chi connectivity index (χ4n) is 2.65. The topological polar surface area (TPSA) is 84.0 Å². The van der Waals surface area contributed by atoms with Gasteiger partial charge in [-0.25, -0.2) is 18.1 Å². The second-order valence-electron chi connectivity index (χ2n) is 5.05. The molecule has 0 aromatic heterocycles. The van der Waals surface area contributed by atoms with Crippen LogP contribution < -0.4 is 0 Å². The van der Waals surface area contributed by atoms with Gasteiger partial charge in [0.25, 0.3) is 5.91 Å². The molecule has 1 aromatic rings. The molecule has 0 saturated carbocycles. The van der Waals surface area contributed by atoms with Crippen LogP contribution in [0.2, 0.25) is 0 Å². The van der Waals surface area contributed by atoms with Crippen LogP contribution in [0, 0.1) is 0 Å². The van der Waals surface area contributed by atoms with Gasteiger partial charge in [0.1, 0.15) is 0 Å². The molecule has 0 unspecified atom stereocenters. The van der Waals surface area contributed by atoms with Crippen molar-refractivity contribution in [3.63, 3.8) is 0 Å². The molecule has 2 heterocycles. The Morgan fingerprint density at radius 3 is 2.59 bits per heavy atom. The maximum Gasteiger partial charge on any atom is 0.417 e. The summed E-state index contributed by atoms with van der Waals surface area (Å²) in [6.07, 6.45) is -0.292. The van der Waals surface area contributed by atoms with Gasteiger partial charge in [-0.15, -0.1) is 0 Å². The van der Waals surface area contributed by atoms with Crippen LogP contribution >= 0.6 is 15.9 Å². The molecule has 9 heteroatoms. The van der Waals surface area contributed by atoms with E-state index in [1.807, 2.05) is 0 Å². The Kier molecular flexibility index (Phi) is 3.96. The van der Waals surface area contributed by atoms with E-state index in [1.165, 1.54) is 10.4 Å². The molecule has 2 aliphatic rings. The number of halogens is 1. The number of hydrogen-bond acceptors (Lipinski definition) is 5. The van der Waals surface area contributed by atoms with Crippen LogP contribution in [-0.4, -0.2) is 55.4 Å². The van der Waals surface area contributed by atoms with E-state index in [1.54, 1.807) is 18.2 Å². The summed E-state index contributed by atoms with van der Waals surface area (Å²) in [5.41, 5.74) is 0. The maximum absolute atomic E-state index is 12.7. The van der Waals surface area contributed by atoms with Crippen LogP contribution in [0.5, 0.6) is 0 Å². The van der Waals surface area contributed by atoms with Crippen LogP contribution in [0.15, 0.2) is 33.6 Å². The summed E-state index contributed by atoms with van der Waals surface area (Å²) in [5, 5.41) is 0. The van der Waals surface area contributed by atoms with E-state index in [0.717, 1.165) is 4.90 Å². The fraction of sp³-hybridized carbons (Fsp3) is 0.385. The van der Waals surface area contributed by atoms with Crippen LogP contribution in [0.25, 0.3) is 0 Å². The molecule has 7 nitrogen and oxygen atoms in total. The van der Waals surface area contributed by atoms with Crippen molar-refractivity contribution in [1.29, 1.82) is 0 Å². The zero-order valence-corrected chi connectivity index (χ0v) is 13.8. The van der Waals surface area contributed by atoms with E-state index in [0.29, 0.717) is 10.9 Å². The Morgan fingerprint density at radius 2 is 1.95 bits per heavy atom.